The van der Waals surface area contributed by atoms with E-state index in [0.717, 1.165) is 37.1 Å². The second-order valence-electron chi connectivity index (χ2n) is 6.59. The van der Waals surface area contributed by atoms with Gasteiger partial charge in [-0.3, -0.25) is 9.48 Å². The highest BCUT2D eigenvalue weighted by Crippen LogP contribution is 2.36. The minimum absolute atomic E-state index is 0.182. The zero-order valence-electron chi connectivity index (χ0n) is 14.1. The molecule has 0 bridgehead atoms. The molecule has 1 aliphatic rings. The molecule has 1 fully saturated rings. The first-order chi connectivity index (χ1) is 10.8. The third-order valence-electron chi connectivity index (χ3n) is 4.40. The number of hydrogen-bond acceptors (Lipinski definition) is 3. The van der Waals surface area contributed by atoms with Crippen molar-refractivity contribution < 1.29 is 4.79 Å². The molecule has 0 saturated heterocycles. The van der Waals surface area contributed by atoms with Gasteiger partial charge < -0.3 is 4.90 Å². The molecule has 0 unspecified atom stereocenters. The Balaban J connectivity index is 2.15. The van der Waals surface area contributed by atoms with Crippen molar-refractivity contribution in [2.45, 2.75) is 52.1 Å². The molecule has 0 aliphatic heterocycles. The van der Waals surface area contributed by atoms with Crippen LogP contribution in [0, 0.1) is 24.2 Å². The standard InChI is InChI=1S/C17H23ClN4O/c1-12(2)10-22-16(18)14(13(3)20-22)6-7-15(23)21(4)17(11-19)8-5-9-17/h6-7,12H,5,8-10H2,1-4H3. The smallest absolute Gasteiger partial charge is 0.247 e. The van der Waals surface area contributed by atoms with Crippen LogP contribution in [-0.2, 0) is 11.3 Å². The maximum atomic E-state index is 12.3. The van der Waals surface area contributed by atoms with E-state index in [1.807, 2.05) is 6.92 Å². The highest BCUT2D eigenvalue weighted by molar-refractivity contribution is 6.31. The summed E-state index contributed by atoms with van der Waals surface area (Å²) in [5.41, 5.74) is 0.914. The van der Waals surface area contributed by atoms with Gasteiger partial charge in [0.25, 0.3) is 0 Å². The molecular formula is C17H23ClN4O. The van der Waals surface area contributed by atoms with Crippen molar-refractivity contribution in [1.29, 1.82) is 5.26 Å². The molecule has 1 saturated carbocycles. The van der Waals surface area contributed by atoms with E-state index in [0.29, 0.717) is 11.1 Å². The number of carbonyl (C=O) groups excluding carboxylic acids is 1. The van der Waals surface area contributed by atoms with Crippen molar-refractivity contribution in [3.63, 3.8) is 0 Å². The van der Waals surface area contributed by atoms with Crippen molar-refractivity contribution >= 4 is 23.6 Å². The molecule has 6 heteroatoms. The van der Waals surface area contributed by atoms with Crippen LogP contribution in [0.1, 0.15) is 44.4 Å². The Morgan fingerprint density at radius 2 is 2.22 bits per heavy atom. The zero-order valence-corrected chi connectivity index (χ0v) is 14.9. The van der Waals surface area contributed by atoms with Gasteiger partial charge in [-0.1, -0.05) is 25.4 Å². The van der Waals surface area contributed by atoms with Crippen molar-refractivity contribution in [2.24, 2.45) is 5.92 Å². The highest BCUT2D eigenvalue weighted by atomic mass is 35.5. The first kappa shape index (κ1) is 17.6. The SMILES string of the molecule is Cc1nn(CC(C)C)c(Cl)c1C=CC(=O)N(C)C1(C#N)CCC1. The van der Waals surface area contributed by atoms with Crippen LogP contribution in [0.15, 0.2) is 6.08 Å². The lowest BCUT2D eigenvalue weighted by atomic mass is 9.76. The van der Waals surface area contributed by atoms with E-state index in [2.05, 4.69) is 25.0 Å². The van der Waals surface area contributed by atoms with E-state index in [9.17, 15) is 10.1 Å². The number of amides is 1. The van der Waals surface area contributed by atoms with Crippen LogP contribution < -0.4 is 0 Å². The molecule has 5 nitrogen and oxygen atoms in total. The average Bonchev–Trinajstić information content (AvgIpc) is 2.69. The predicted molar refractivity (Wildman–Crippen MR) is 90.8 cm³/mol. The summed E-state index contributed by atoms with van der Waals surface area (Å²) in [6.45, 7) is 6.81. The summed E-state index contributed by atoms with van der Waals surface area (Å²) < 4.78 is 1.76. The quantitative estimate of drug-likeness (QED) is 0.775. The number of likely N-dealkylation sites (N-methyl/N-ethyl adjacent to an activating group) is 1. The summed E-state index contributed by atoms with van der Waals surface area (Å²) in [7, 11) is 1.69. The van der Waals surface area contributed by atoms with Crippen molar-refractivity contribution in [3.05, 3.63) is 22.5 Å². The molecule has 1 heterocycles. The van der Waals surface area contributed by atoms with Gasteiger partial charge in [0.05, 0.1) is 11.8 Å². The van der Waals surface area contributed by atoms with Gasteiger partial charge in [0.2, 0.25) is 5.91 Å². The molecular weight excluding hydrogens is 312 g/mol. The summed E-state index contributed by atoms with van der Waals surface area (Å²) in [5, 5.41) is 14.3. The summed E-state index contributed by atoms with van der Waals surface area (Å²) in [6, 6.07) is 2.27. The van der Waals surface area contributed by atoms with Gasteiger partial charge in [0, 0.05) is 25.2 Å². The Bertz CT molecular complexity index is 665. The van der Waals surface area contributed by atoms with E-state index in [-0.39, 0.29) is 5.91 Å². The number of halogens is 1. The molecule has 0 radical (unpaired) electrons. The fourth-order valence-corrected chi connectivity index (χ4v) is 3.04. The second-order valence-corrected chi connectivity index (χ2v) is 6.95. The van der Waals surface area contributed by atoms with Gasteiger partial charge in [0.15, 0.2) is 0 Å². The van der Waals surface area contributed by atoms with Gasteiger partial charge in [-0.15, -0.1) is 0 Å². The van der Waals surface area contributed by atoms with Gasteiger partial charge >= 0.3 is 0 Å². The van der Waals surface area contributed by atoms with Gasteiger partial charge in [0.1, 0.15) is 10.7 Å². The minimum atomic E-state index is -0.637. The molecule has 2 rings (SSSR count). The summed E-state index contributed by atoms with van der Waals surface area (Å²) >= 11 is 6.36. The average molecular weight is 335 g/mol. The topological polar surface area (TPSA) is 61.9 Å². The number of hydrogen-bond donors (Lipinski definition) is 0. The van der Waals surface area contributed by atoms with E-state index >= 15 is 0 Å². The molecule has 23 heavy (non-hydrogen) atoms. The third-order valence-corrected chi connectivity index (χ3v) is 4.80. The van der Waals surface area contributed by atoms with E-state index < -0.39 is 5.54 Å². The summed E-state index contributed by atoms with van der Waals surface area (Å²) in [4.78, 5) is 13.9. The lowest BCUT2D eigenvalue weighted by Gasteiger charge is -2.42. The summed E-state index contributed by atoms with van der Waals surface area (Å²) in [6.07, 6.45) is 5.65. The first-order valence-corrected chi connectivity index (χ1v) is 8.28. The molecule has 1 amide bonds. The van der Waals surface area contributed by atoms with Crippen LogP contribution in [0.3, 0.4) is 0 Å². The van der Waals surface area contributed by atoms with Crippen LogP contribution in [-0.4, -0.2) is 33.2 Å². The molecule has 124 valence electrons. The van der Waals surface area contributed by atoms with Crippen molar-refractivity contribution in [3.8, 4) is 6.07 Å². The fourth-order valence-electron chi connectivity index (χ4n) is 2.73. The van der Waals surface area contributed by atoms with Crippen LogP contribution >= 0.6 is 11.6 Å². The maximum Gasteiger partial charge on any atom is 0.247 e. The maximum absolute atomic E-state index is 12.3. The lowest BCUT2D eigenvalue weighted by Crippen LogP contribution is -2.52. The molecule has 0 atom stereocenters. The first-order valence-electron chi connectivity index (χ1n) is 7.91. The number of aromatic nitrogens is 2. The number of nitriles is 1. The Hall–Kier alpha value is -1.80. The van der Waals surface area contributed by atoms with Gasteiger partial charge in [-0.05, 0) is 38.2 Å². The Labute approximate surface area is 142 Å². The molecule has 0 spiro atoms. The van der Waals surface area contributed by atoms with Crippen molar-refractivity contribution in [1.82, 2.24) is 14.7 Å². The molecule has 1 aromatic heterocycles. The lowest BCUT2D eigenvalue weighted by molar-refractivity contribution is -0.130. The number of nitrogens with zero attached hydrogens (tertiary/aromatic N) is 4. The van der Waals surface area contributed by atoms with Gasteiger partial charge in [-0.25, -0.2) is 0 Å². The van der Waals surface area contributed by atoms with E-state index in [4.69, 9.17) is 11.6 Å². The number of rotatable bonds is 5. The number of aryl methyl sites for hydroxylation is 1. The predicted octanol–water partition coefficient (Wildman–Crippen LogP) is 3.42. The van der Waals surface area contributed by atoms with E-state index in [1.54, 1.807) is 17.8 Å². The van der Waals surface area contributed by atoms with Crippen LogP contribution in [0.4, 0.5) is 0 Å². The summed E-state index contributed by atoms with van der Waals surface area (Å²) in [5.74, 6) is 0.254. The monoisotopic (exact) mass is 334 g/mol. The van der Waals surface area contributed by atoms with Gasteiger partial charge in [-0.2, -0.15) is 10.4 Å². The Morgan fingerprint density at radius 1 is 1.57 bits per heavy atom. The highest BCUT2D eigenvalue weighted by Gasteiger charge is 2.42. The number of carbonyl (C=O) groups is 1. The Morgan fingerprint density at radius 3 is 2.70 bits per heavy atom. The van der Waals surface area contributed by atoms with E-state index in [1.165, 1.54) is 11.0 Å². The minimum Gasteiger partial charge on any atom is -0.323 e. The van der Waals surface area contributed by atoms with Crippen molar-refractivity contribution in [2.75, 3.05) is 7.05 Å². The molecule has 0 aromatic carbocycles. The third kappa shape index (κ3) is 3.42. The molecule has 0 N–H and O–H groups in total. The zero-order chi connectivity index (χ0) is 17.2. The normalized spacial score (nSPS) is 16.4. The Kier molecular flexibility index (Phi) is 5.16. The van der Waals surface area contributed by atoms with Crippen LogP contribution in [0.25, 0.3) is 6.08 Å². The van der Waals surface area contributed by atoms with Crippen LogP contribution in [0.2, 0.25) is 5.15 Å². The second kappa shape index (κ2) is 6.76. The largest absolute Gasteiger partial charge is 0.323 e. The molecule has 1 aromatic rings. The fraction of sp³-hybridized carbons (Fsp3) is 0.588. The van der Waals surface area contributed by atoms with Crippen LogP contribution in [0.5, 0.6) is 0 Å². The molecule has 1 aliphatic carbocycles.